The van der Waals surface area contributed by atoms with Gasteiger partial charge in [0, 0.05) is 6.42 Å². The lowest BCUT2D eigenvalue weighted by Crippen LogP contribution is -1.98. The summed E-state index contributed by atoms with van der Waals surface area (Å²) in [4.78, 5) is 10.9. The van der Waals surface area contributed by atoms with Crippen LogP contribution in [0.15, 0.2) is 16.5 Å². The summed E-state index contributed by atoms with van der Waals surface area (Å²) in [6.45, 7) is 3.73. The monoisotopic (exact) mass is 152 g/mol. The van der Waals surface area contributed by atoms with Gasteiger partial charge in [-0.15, -0.1) is 0 Å². The molecule has 1 aromatic rings. The summed E-state index contributed by atoms with van der Waals surface area (Å²) in [5, 5.41) is 0. The quantitative estimate of drug-likeness (QED) is 0.664. The molecule has 0 atom stereocenters. The standard InChI is InChI=1S/C9H12O2/c1-3-8(10)6-9-5-4-7(2)11-9/h4-5H,3,6H2,1-2H3. The summed E-state index contributed by atoms with van der Waals surface area (Å²) in [5.74, 6) is 1.86. The second kappa shape index (κ2) is 3.37. The van der Waals surface area contributed by atoms with Gasteiger partial charge in [-0.25, -0.2) is 0 Å². The van der Waals surface area contributed by atoms with E-state index in [1.54, 1.807) is 0 Å². The third-order valence-corrected chi connectivity index (χ3v) is 1.56. The van der Waals surface area contributed by atoms with Crippen molar-refractivity contribution in [1.29, 1.82) is 0 Å². The van der Waals surface area contributed by atoms with Crippen LogP contribution in [-0.2, 0) is 11.2 Å². The number of furan rings is 1. The molecule has 0 saturated heterocycles. The lowest BCUT2D eigenvalue weighted by atomic mass is 10.2. The highest BCUT2D eigenvalue weighted by Gasteiger charge is 2.03. The third kappa shape index (κ3) is 2.22. The molecule has 0 radical (unpaired) electrons. The first kappa shape index (κ1) is 8.05. The highest BCUT2D eigenvalue weighted by Crippen LogP contribution is 2.07. The Labute approximate surface area is 66.2 Å². The van der Waals surface area contributed by atoms with Crippen molar-refractivity contribution >= 4 is 5.78 Å². The van der Waals surface area contributed by atoms with E-state index in [0.29, 0.717) is 12.8 Å². The molecule has 1 aromatic heterocycles. The zero-order valence-electron chi connectivity index (χ0n) is 6.89. The molecule has 11 heavy (non-hydrogen) atoms. The highest BCUT2D eigenvalue weighted by atomic mass is 16.3. The average Bonchev–Trinajstić information content (AvgIpc) is 2.35. The average molecular weight is 152 g/mol. The molecule has 0 unspecified atom stereocenters. The van der Waals surface area contributed by atoms with E-state index in [9.17, 15) is 4.79 Å². The SMILES string of the molecule is CCC(=O)Cc1ccc(C)o1. The molecule has 0 aliphatic rings. The van der Waals surface area contributed by atoms with Crippen LogP contribution < -0.4 is 0 Å². The molecule has 0 aliphatic heterocycles. The molecule has 0 amide bonds. The van der Waals surface area contributed by atoms with E-state index >= 15 is 0 Å². The molecule has 0 fully saturated rings. The van der Waals surface area contributed by atoms with E-state index < -0.39 is 0 Å². The summed E-state index contributed by atoms with van der Waals surface area (Å²) in [6.07, 6.45) is 1.02. The Hall–Kier alpha value is -1.05. The molecule has 60 valence electrons. The van der Waals surface area contributed by atoms with Gasteiger partial charge in [-0.3, -0.25) is 4.79 Å². The topological polar surface area (TPSA) is 30.2 Å². The number of aryl methyl sites for hydroxylation is 1. The number of hydrogen-bond donors (Lipinski definition) is 0. The van der Waals surface area contributed by atoms with E-state index in [0.717, 1.165) is 11.5 Å². The molecule has 0 spiro atoms. The number of hydrogen-bond acceptors (Lipinski definition) is 2. The first-order valence-corrected chi connectivity index (χ1v) is 3.79. The van der Waals surface area contributed by atoms with E-state index in [1.165, 1.54) is 0 Å². The van der Waals surface area contributed by atoms with Crippen LogP contribution in [-0.4, -0.2) is 5.78 Å². The van der Waals surface area contributed by atoms with Crippen LogP contribution in [0.2, 0.25) is 0 Å². The number of ketones is 1. The fourth-order valence-electron chi connectivity index (χ4n) is 0.899. The summed E-state index contributed by atoms with van der Waals surface area (Å²) in [6, 6.07) is 3.72. The highest BCUT2D eigenvalue weighted by molar-refractivity contribution is 5.79. The van der Waals surface area contributed by atoms with Crippen LogP contribution >= 0.6 is 0 Å². The minimum absolute atomic E-state index is 0.222. The zero-order valence-corrected chi connectivity index (χ0v) is 6.89. The molecule has 0 aliphatic carbocycles. The number of rotatable bonds is 3. The number of Topliss-reactive ketones (excluding diaryl/α,β-unsaturated/α-hetero) is 1. The molecular formula is C9H12O2. The van der Waals surface area contributed by atoms with Gasteiger partial charge in [0.15, 0.2) is 0 Å². The van der Waals surface area contributed by atoms with E-state index in [2.05, 4.69) is 0 Å². The molecular weight excluding hydrogens is 140 g/mol. The van der Waals surface area contributed by atoms with Crippen molar-refractivity contribution in [3.63, 3.8) is 0 Å². The van der Waals surface area contributed by atoms with Crippen molar-refractivity contribution in [3.05, 3.63) is 23.7 Å². The molecule has 0 aromatic carbocycles. The lowest BCUT2D eigenvalue weighted by molar-refractivity contribution is -0.118. The molecule has 0 saturated carbocycles. The van der Waals surface area contributed by atoms with Gasteiger partial charge in [0.2, 0.25) is 0 Å². The zero-order chi connectivity index (χ0) is 8.27. The molecule has 2 nitrogen and oxygen atoms in total. The maximum Gasteiger partial charge on any atom is 0.140 e. The largest absolute Gasteiger partial charge is 0.466 e. The molecule has 2 heteroatoms. The van der Waals surface area contributed by atoms with Crippen LogP contribution in [0.1, 0.15) is 24.9 Å². The van der Waals surface area contributed by atoms with E-state index in [1.807, 2.05) is 26.0 Å². The van der Waals surface area contributed by atoms with Crippen molar-refractivity contribution in [2.24, 2.45) is 0 Å². The van der Waals surface area contributed by atoms with E-state index in [4.69, 9.17) is 4.42 Å². The fraction of sp³-hybridized carbons (Fsp3) is 0.444. The second-order valence-electron chi connectivity index (χ2n) is 2.58. The van der Waals surface area contributed by atoms with Gasteiger partial charge in [0.1, 0.15) is 17.3 Å². The normalized spacial score (nSPS) is 10.0. The van der Waals surface area contributed by atoms with Crippen molar-refractivity contribution in [2.45, 2.75) is 26.7 Å². The first-order valence-electron chi connectivity index (χ1n) is 3.79. The Morgan fingerprint density at radius 3 is 2.73 bits per heavy atom. The van der Waals surface area contributed by atoms with Crippen molar-refractivity contribution in [3.8, 4) is 0 Å². The third-order valence-electron chi connectivity index (χ3n) is 1.56. The van der Waals surface area contributed by atoms with Crippen LogP contribution in [0.3, 0.4) is 0 Å². The van der Waals surface area contributed by atoms with Gasteiger partial charge in [-0.1, -0.05) is 6.92 Å². The minimum Gasteiger partial charge on any atom is -0.466 e. The molecule has 0 N–H and O–H groups in total. The Morgan fingerprint density at radius 2 is 2.27 bits per heavy atom. The summed E-state index contributed by atoms with van der Waals surface area (Å²) < 4.78 is 5.24. The Morgan fingerprint density at radius 1 is 1.55 bits per heavy atom. The van der Waals surface area contributed by atoms with Gasteiger partial charge in [0.25, 0.3) is 0 Å². The van der Waals surface area contributed by atoms with Gasteiger partial charge in [-0.05, 0) is 19.1 Å². The van der Waals surface area contributed by atoms with Gasteiger partial charge >= 0.3 is 0 Å². The minimum atomic E-state index is 0.222. The number of carbonyl (C=O) groups excluding carboxylic acids is 1. The predicted molar refractivity (Wildman–Crippen MR) is 42.4 cm³/mol. The molecule has 1 heterocycles. The predicted octanol–water partition coefficient (Wildman–Crippen LogP) is 2.11. The maximum absolute atomic E-state index is 10.9. The van der Waals surface area contributed by atoms with Gasteiger partial charge in [0.05, 0.1) is 6.42 Å². The van der Waals surface area contributed by atoms with Crippen LogP contribution in [0.5, 0.6) is 0 Å². The summed E-state index contributed by atoms with van der Waals surface area (Å²) >= 11 is 0. The summed E-state index contributed by atoms with van der Waals surface area (Å²) in [5.41, 5.74) is 0. The van der Waals surface area contributed by atoms with Crippen molar-refractivity contribution < 1.29 is 9.21 Å². The summed E-state index contributed by atoms with van der Waals surface area (Å²) in [7, 11) is 0. The van der Waals surface area contributed by atoms with Gasteiger partial charge < -0.3 is 4.42 Å². The Kier molecular flexibility index (Phi) is 2.47. The van der Waals surface area contributed by atoms with Crippen LogP contribution in [0, 0.1) is 6.92 Å². The van der Waals surface area contributed by atoms with E-state index in [-0.39, 0.29) is 5.78 Å². The van der Waals surface area contributed by atoms with Crippen LogP contribution in [0.25, 0.3) is 0 Å². The second-order valence-corrected chi connectivity index (χ2v) is 2.58. The maximum atomic E-state index is 10.9. The Balaban J connectivity index is 2.57. The first-order chi connectivity index (χ1) is 5.22. The fourth-order valence-corrected chi connectivity index (χ4v) is 0.899. The van der Waals surface area contributed by atoms with Gasteiger partial charge in [-0.2, -0.15) is 0 Å². The Bertz CT molecular complexity index is 248. The number of carbonyl (C=O) groups is 1. The van der Waals surface area contributed by atoms with Crippen molar-refractivity contribution in [2.75, 3.05) is 0 Å². The molecule has 0 bridgehead atoms. The van der Waals surface area contributed by atoms with Crippen LogP contribution in [0.4, 0.5) is 0 Å². The van der Waals surface area contributed by atoms with Crippen molar-refractivity contribution in [1.82, 2.24) is 0 Å². The lowest BCUT2D eigenvalue weighted by Gasteiger charge is -1.91. The smallest absolute Gasteiger partial charge is 0.140 e. The molecule has 1 rings (SSSR count).